The van der Waals surface area contributed by atoms with Crippen molar-refractivity contribution in [1.29, 1.82) is 0 Å². The molecule has 0 aliphatic carbocycles. The Morgan fingerprint density at radius 3 is 2.65 bits per heavy atom. The van der Waals surface area contributed by atoms with Gasteiger partial charge in [0.2, 0.25) is 5.95 Å². The van der Waals surface area contributed by atoms with Gasteiger partial charge in [-0.3, -0.25) is 4.98 Å². The second-order valence-corrected chi connectivity index (χ2v) is 6.74. The molecule has 1 N–H and O–H groups in total. The zero-order valence-electron chi connectivity index (χ0n) is 14.2. The normalized spacial score (nSPS) is 12.2. The molecule has 0 saturated carbocycles. The minimum Gasteiger partial charge on any atom is -0.389 e. The molecular formula is C18H24N4O. The van der Waals surface area contributed by atoms with Gasteiger partial charge in [-0.15, -0.1) is 0 Å². The summed E-state index contributed by atoms with van der Waals surface area (Å²) >= 11 is 0. The molecule has 0 aliphatic rings. The van der Waals surface area contributed by atoms with Gasteiger partial charge in [-0.05, 0) is 26.3 Å². The molecule has 0 radical (unpaired) electrons. The highest BCUT2D eigenvalue weighted by Gasteiger charge is 2.22. The molecule has 0 unspecified atom stereocenters. The molecule has 0 spiro atoms. The van der Waals surface area contributed by atoms with Crippen LogP contribution in [0.15, 0.2) is 30.5 Å². The van der Waals surface area contributed by atoms with Crippen molar-refractivity contribution in [2.75, 3.05) is 18.5 Å². The fourth-order valence-electron chi connectivity index (χ4n) is 3.01. The van der Waals surface area contributed by atoms with Crippen molar-refractivity contribution in [3.63, 3.8) is 0 Å². The van der Waals surface area contributed by atoms with Crippen molar-refractivity contribution in [3.05, 3.63) is 30.5 Å². The van der Waals surface area contributed by atoms with E-state index in [1.54, 1.807) is 0 Å². The first-order chi connectivity index (χ1) is 10.9. The molecule has 5 heteroatoms. The van der Waals surface area contributed by atoms with E-state index in [-0.39, 0.29) is 0 Å². The first-order valence-corrected chi connectivity index (χ1v) is 8.08. The summed E-state index contributed by atoms with van der Waals surface area (Å²) in [5.74, 6) is 0.877. The van der Waals surface area contributed by atoms with Gasteiger partial charge in [0.15, 0.2) is 0 Å². The van der Waals surface area contributed by atoms with E-state index in [0.717, 1.165) is 40.9 Å². The van der Waals surface area contributed by atoms with E-state index < -0.39 is 5.60 Å². The predicted octanol–water partition coefficient (Wildman–Crippen LogP) is 3.20. The molecule has 3 aromatic rings. The van der Waals surface area contributed by atoms with Crippen molar-refractivity contribution in [2.24, 2.45) is 0 Å². The van der Waals surface area contributed by atoms with E-state index in [1.807, 2.05) is 45.3 Å². The highest BCUT2D eigenvalue weighted by Crippen LogP contribution is 2.29. The van der Waals surface area contributed by atoms with Crippen molar-refractivity contribution < 1.29 is 5.11 Å². The summed E-state index contributed by atoms with van der Waals surface area (Å²) in [5.41, 5.74) is 2.03. The van der Waals surface area contributed by atoms with Crippen LogP contribution in [-0.2, 0) is 6.54 Å². The molecule has 0 fully saturated rings. The van der Waals surface area contributed by atoms with Crippen LogP contribution < -0.4 is 4.90 Å². The molecule has 5 nitrogen and oxygen atoms in total. The van der Waals surface area contributed by atoms with Crippen molar-refractivity contribution in [1.82, 2.24) is 14.5 Å². The van der Waals surface area contributed by atoms with Gasteiger partial charge in [0.1, 0.15) is 5.52 Å². The topological polar surface area (TPSA) is 54.2 Å². The van der Waals surface area contributed by atoms with Gasteiger partial charge < -0.3 is 14.6 Å². The number of fused-ring (bicyclic) bond motifs is 3. The maximum Gasteiger partial charge on any atom is 0.206 e. The lowest BCUT2D eigenvalue weighted by Crippen LogP contribution is -2.29. The SMILES string of the molecule is CCCN(C)c1nc2cnc3ccccc3c2n1CC(C)(C)O. The molecule has 3 rings (SSSR count). The highest BCUT2D eigenvalue weighted by atomic mass is 16.3. The number of anilines is 1. The lowest BCUT2D eigenvalue weighted by atomic mass is 10.1. The molecule has 0 saturated heterocycles. The second-order valence-electron chi connectivity index (χ2n) is 6.74. The Kier molecular flexibility index (Phi) is 3.98. The van der Waals surface area contributed by atoms with Gasteiger partial charge in [0.25, 0.3) is 0 Å². The quantitative estimate of drug-likeness (QED) is 0.786. The van der Waals surface area contributed by atoms with Crippen LogP contribution in [0.1, 0.15) is 27.2 Å². The lowest BCUT2D eigenvalue weighted by molar-refractivity contribution is 0.0631. The summed E-state index contributed by atoms with van der Waals surface area (Å²) < 4.78 is 2.12. The van der Waals surface area contributed by atoms with Crippen LogP contribution in [0.5, 0.6) is 0 Å². The number of aromatic nitrogens is 3. The fraction of sp³-hybridized carbons (Fsp3) is 0.444. The van der Waals surface area contributed by atoms with Crippen LogP contribution in [0.25, 0.3) is 21.9 Å². The Labute approximate surface area is 136 Å². The van der Waals surface area contributed by atoms with E-state index >= 15 is 0 Å². The van der Waals surface area contributed by atoms with Gasteiger partial charge in [-0.25, -0.2) is 4.98 Å². The molecule has 122 valence electrons. The maximum absolute atomic E-state index is 10.4. The molecule has 1 aromatic carbocycles. The number of nitrogens with zero attached hydrogens (tertiary/aromatic N) is 4. The molecule has 0 aliphatic heterocycles. The van der Waals surface area contributed by atoms with Gasteiger partial charge in [-0.2, -0.15) is 0 Å². The van der Waals surface area contributed by atoms with Gasteiger partial charge in [0.05, 0.1) is 29.4 Å². The number of hydrogen-bond acceptors (Lipinski definition) is 4. The van der Waals surface area contributed by atoms with Crippen LogP contribution >= 0.6 is 0 Å². The van der Waals surface area contributed by atoms with Crippen LogP contribution in [0.2, 0.25) is 0 Å². The van der Waals surface area contributed by atoms with Crippen LogP contribution in [0, 0.1) is 0 Å². The monoisotopic (exact) mass is 312 g/mol. The fourth-order valence-corrected chi connectivity index (χ4v) is 3.01. The van der Waals surface area contributed by atoms with Gasteiger partial charge in [0, 0.05) is 19.0 Å². The third-order valence-corrected chi connectivity index (χ3v) is 3.90. The summed E-state index contributed by atoms with van der Waals surface area (Å²) in [6.07, 6.45) is 2.86. The Morgan fingerprint density at radius 2 is 1.96 bits per heavy atom. The van der Waals surface area contributed by atoms with E-state index in [0.29, 0.717) is 6.54 Å². The van der Waals surface area contributed by atoms with Crippen LogP contribution in [0.3, 0.4) is 0 Å². The average Bonchev–Trinajstić information content (AvgIpc) is 2.85. The van der Waals surface area contributed by atoms with Crippen LogP contribution in [0.4, 0.5) is 5.95 Å². The van der Waals surface area contributed by atoms with Crippen LogP contribution in [-0.4, -0.2) is 38.8 Å². The first-order valence-electron chi connectivity index (χ1n) is 8.08. The Bertz CT molecular complexity index is 832. The summed E-state index contributed by atoms with van der Waals surface area (Å²) in [6.45, 7) is 7.20. The summed E-state index contributed by atoms with van der Waals surface area (Å²) in [7, 11) is 2.04. The number of pyridine rings is 1. The molecule has 0 bridgehead atoms. The summed E-state index contributed by atoms with van der Waals surface area (Å²) in [4.78, 5) is 11.4. The largest absolute Gasteiger partial charge is 0.389 e. The molecule has 2 aromatic heterocycles. The summed E-state index contributed by atoms with van der Waals surface area (Å²) in [5, 5.41) is 11.4. The Morgan fingerprint density at radius 1 is 1.22 bits per heavy atom. The average molecular weight is 312 g/mol. The standard InChI is InChI=1S/C18H24N4O/c1-5-10-21(4)17-20-15-11-19-14-9-7-6-8-13(14)16(15)22(17)12-18(2,3)23/h6-9,11,23H,5,10,12H2,1-4H3. The zero-order valence-corrected chi connectivity index (χ0v) is 14.2. The number of hydrogen-bond donors (Lipinski definition) is 1. The Hall–Kier alpha value is -2.14. The van der Waals surface area contributed by atoms with E-state index in [2.05, 4.69) is 27.4 Å². The molecule has 23 heavy (non-hydrogen) atoms. The minimum atomic E-state index is -0.820. The second kappa shape index (κ2) is 5.81. The maximum atomic E-state index is 10.4. The lowest BCUT2D eigenvalue weighted by Gasteiger charge is -2.24. The Balaban J connectivity index is 2.30. The van der Waals surface area contributed by atoms with Crippen molar-refractivity contribution >= 4 is 27.9 Å². The summed E-state index contributed by atoms with van der Waals surface area (Å²) in [6, 6.07) is 8.07. The number of aliphatic hydroxyl groups is 1. The first kappa shape index (κ1) is 15.7. The van der Waals surface area contributed by atoms with Gasteiger partial charge in [-0.1, -0.05) is 25.1 Å². The minimum absolute atomic E-state index is 0.487. The third-order valence-electron chi connectivity index (χ3n) is 3.90. The molecule has 0 atom stereocenters. The number of benzene rings is 1. The highest BCUT2D eigenvalue weighted by molar-refractivity contribution is 6.03. The smallest absolute Gasteiger partial charge is 0.206 e. The number of para-hydroxylation sites is 1. The third kappa shape index (κ3) is 3.01. The molecular weight excluding hydrogens is 288 g/mol. The van der Waals surface area contributed by atoms with E-state index in [1.165, 1.54) is 0 Å². The number of rotatable bonds is 5. The van der Waals surface area contributed by atoms with Gasteiger partial charge >= 0.3 is 0 Å². The molecule has 0 amide bonds. The predicted molar refractivity (Wildman–Crippen MR) is 94.9 cm³/mol. The number of imidazole rings is 1. The van der Waals surface area contributed by atoms with E-state index in [4.69, 9.17) is 4.98 Å². The van der Waals surface area contributed by atoms with Crippen molar-refractivity contribution in [3.8, 4) is 0 Å². The zero-order chi connectivity index (χ0) is 16.6. The van der Waals surface area contributed by atoms with E-state index in [9.17, 15) is 5.11 Å². The molecule has 2 heterocycles. The van der Waals surface area contributed by atoms with Crippen molar-refractivity contribution in [2.45, 2.75) is 39.3 Å².